The highest BCUT2D eigenvalue weighted by atomic mass is 16.5. The smallest absolute Gasteiger partial charge is 0.330 e. The van der Waals surface area contributed by atoms with Crippen LogP contribution in [0.25, 0.3) is 6.08 Å². The van der Waals surface area contributed by atoms with Gasteiger partial charge in [0.05, 0.1) is 13.7 Å². The summed E-state index contributed by atoms with van der Waals surface area (Å²) in [6.45, 7) is 2.16. The lowest BCUT2D eigenvalue weighted by Crippen LogP contribution is -2.03. The van der Waals surface area contributed by atoms with Crippen LogP contribution in [-0.4, -0.2) is 24.8 Å². The van der Waals surface area contributed by atoms with E-state index in [4.69, 9.17) is 9.47 Å². The van der Waals surface area contributed by atoms with Gasteiger partial charge in [-0.15, -0.1) is 0 Å². The van der Waals surface area contributed by atoms with Gasteiger partial charge in [0.25, 0.3) is 0 Å². The first-order chi connectivity index (χ1) is 11.6. The van der Waals surface area contributed by atoms with Crippen LogP contribution < -0.4 is 4.74 Å². The summed E-state index contributed by atoms with van der Waals surface area (Å²) < 4.78 is 10.3. The molecule has 0 fully saturated rings. The van der Waals surface area contributed by atoms with Gasteiger partial charge in [-0.3, -0.25) is 0 Å². The third kappa shape index (κ3) is 5.16. The number of hydrogen-bond acceptors (Lipinski definition) is 4. The maximum atomic E-state index is 11.7. The van der Waals surface area contributed by atoms with Gasteiger partial charge in [0.15, 0.2) is 11.5 Å². The van der Waals surface area contributed by atoms with E-state index in [-0.39, 0.29) is 11.7 Å². The molecule has 126 valence electrons. The number of benzene rings is 2. The van der Waals surface area contributed by atoms with Crippen LogP contribution in [0.15, 0.2) is 48.5 Å². The minimum absolute atomic E-state index is 0.109. The molecule has 0 atom stereocenters. The lowest BCUT2D eigenvalue weighted by molar-refractivity contribution is -0.137. The molecule has 0 aliphatic carbocycles. The van der Waals surface area contributed by atoms with E-state index in [0.717, 1.165) is 18.4 Å². The highest BCUT2D eigenvalue weighted by Gasteiger charge is 2.06. The monoisotopic (exact) mass is 326 g/mol. The number of aromatic hydroxyl groups is 1. The van der Waals surface area contributed by atoms with Gasteiger partial charge in [-0.05, 0) is 54.7 Å². The Labute approximate surface area is 142 Å². The maximum Gasteiger partial charge on any atom is 0.330 e. The van der Waals surface area contributed by atoms with Crippen LogP contribution in [0, 0.1) is 6.92 Å². The number of rotatable bonds is 7. The minimum atomic E-state index is -0.382. The molecule has 0 bridgehead atoms. The van der Waals surface area contributed by atoms with Crippen LogP contribution in [0.4, 0.5) is 0 Å². The van der Waals surface area contributed by atoms with Crippen LogP contribution in [0.1, 0.15) is 23.1 Å². The summed E-state index contributed by atoms with van der Waals surface area (Å²) in [5.74, 6) is 0.108. The predicted octanol–water partition coefficient (Wildman–Crippen LogP) is 3.90. The summed E-state index contributed by atoms with van der Waals surface area (Å²) in [6.07, 6.45) is 4.70. The predicted molar refractivity (Wildman–Crippen MR) is 94.2 cm³/mol. The molecule has 0 amide bonds. The second-order valence-corrected chi connectivity index (χ2v) is 5.48. The zero-order chi connectivity index (χ0) is 17.4. The fourth-order valence-electron chi connectivity index (χ4n) is 2.33. The Bertz CT molecular complexity index is 705. The number of carbonyl (C=O) groups is 1. The molecule has 0 unspecified atom stereocenters. The van der Waals surface area contributed by atoms with Crippen molar-refractivity contribution in [2.45, 2.75) is 19.8 Å². The molecule has 0 saturated heterocycles. The van der Waals surface area contributed by atoms with Crippen LogP contribution in [-0.2, 0) is 16.0 Å². The third-order valence-corrected chi connectivity index (χ3v) is 3.62. The molecule has 0 saturated carbocycles. The fourth-order valence-corrected chi connectivity index (χ4v) is 2.33. The third-order valence-electron chi connectivity index (χ3n) is 3.62. The van der Waals surface area contributed by atoms with Gasteiger partial charge < -0.3 is 14.6 Å². The van der Waals surface area contributed by atoms with Gasteiger partial charge in [-0.2, -0.15) is 0 Å². The van der Waals surface area contributed by atoms with Crippen molar-refractivity contribution in [3.05, 3.63) is 65.2 Å². The lowest BCUT2D eigenvalue weighted by atomic mass is 10.1. The van der Waals surface area contributed by atoms with Crippen molar-refractivity contribution in [3.8, 4) is 11.5 Å². The van der Waals surface area contributed by atoms with Gasteiger partial charge in [-0.1, -0.05) is 30.3 Å². The number of phenolic OH excluding ortho intramolecular Hbond substituents is 1. The van der Waals surface area contributed by atoms with E-state index in [1.54, 1.807) is 25.1 Å². The van der Waals surface area contributed by atoms with Crippen molar-refractivity contribution in [1.29, 1.82) is 0 Å². The fraction of sp³-hybridized carbons (Fsp3) is 0.250. The van der Waals surface area contributed by atoms with E-state index in [1.165, 1.54) is 18.7 Å². The molecule has 2 aromatic carbocycles. The normalized spacial score (nSPS) is 10.8. The molecule has 0 spiro atoms. The standard InChI is InChI=1S/C20H22O4/c1-15-13-17(14-18(23-2)20(15)22)10-11-19(21)24-12-6-9-16-7-4-3-5-8-16/h3-5,7-8,10-11,13-14,22H,6,9,12H2,1-2H3/b11-10+. The number of methoxy groups -OCH3 is 1. The Balaban J connectivity index is 1.81. The van der Waals surface area contributed by atoms with E-state index >= 15 is 0 Å². The molecule has 0 aliphatic heterocycles. The van der Waals surface area contributed by atoms with E-state index in [2.05, 4.69) is 12.1 Å². The van der Waals surface area contributed by atoms with Crippen molar-refractivity contribution < 1.29 is 19.4 Å². The first-order valence-corrected chi connectivity index (χ1v) is 7.86. The molecule has 2 rings (SSSR count). The van der Waals surface area contributed by atoms with Gasteiger partial charge in [0.2, 0.25) is 0 Å². The van der Waals surface area contributed by atoms with Crippen LogP contribution >= 0.6 is 0 Å². The first-order valence-electron chi connectivity index (χ1n) is 7.86. The average molecular weight is 326 g/mol. The van der Waals surface area contributed by atoms with Crippen molar-refractivity contribution in [3.63, 3.8) is 0 Å². The SMILES string of the molecule is COc1cc(/C=C/C(=O)OCCCc2ccccc2)cc(C)c1O. The molecule has 24 heavy (non-hydrogen) atoms. The van der Waals surface area contributed by atoms with Crippen molar-refractivity contribution in [2.24, 2.45) is 0 Å². The second kappa shape index (κ2) is 8.77. The van der Waals surface area contributed by atoms with E-state index < -0.39 is 0 Å². The summed E-state index contributed by atoms with van der Waals surface area (Å²) in [7, 11) is 1.49. The number of carbonyl (C=O) groups excluding carboxylic acids is 1. The number of esters is 1. The van der Waals surface area contributed by atoms with Gasteiger partial charge in [0.1, 0.15) is 0 Å². The van der Waals surface area contributed by atoms with Gasteiger partial charge in [-0.25, -0.2) is 4.79 Å². The maximum absolute atomic E-state index is 11.7. The molecule has 2 aromatic rings. The Hall–Kier alpha value is -2.75. The Morgan fingerprint density at radius 2 is 1.96 bits per heavy atom. The van der Waals surface area contributed by atoms with E-state index in [1.807, 2.05) is 18.2 Å². The summed E-state index contributed by atoms with van der Waals surface area (Å²) in [5.41, 5.74) is 2.68. The number of phenols is 1. The van der Waals surface area contributed by atoms with Crippen molar-refractivity contribution in [2.75, 3.05) is 13.7 Å². The molecular formula is C20H22O4. The number of hydrogen-bond donors (Lipinski definition) is 1. The number of aryl methyl sites for hydroxylation is 2. The summed E-state index contributed by atoms with van der Waals surface area (Å²) in [5, 5.41) is 9.80. The molecular weight excluding hydrogens is 304 g/mol. The average Bonchev–Trinajstić information content (AvgIpc) is 2.60. The van der Waals surface area contributed by atoms with Crippen molar-refractivity contribution in [1.82, 2.24) is 0 Å². The molecule has 1 N–H and O–H groups in total. The minimum Gasteiger partial charge on any atom is -0.504 e. The second-order valence-electron chi connectivity index (χ2n) is 5.48. The van der Waals surface area contributed by atoms with E-state index in [9.17, 15) is 9.90 Å². The highest BCUT2D eigenvalue weighted by Crippen LogP contribution is 2.31. The van der Waals surface area contributed by atoms with Gasteiger partial charge >= 0.3 is 5.97 Å². The molecule has 0 aliphatic rings. The summed E-state index contributed by atoms with van der Waals surface area (Å²) >= 11 is 0. The quantitative estimate of drug-likeness (QED) is 0.476. The Kier molecular flexibility index (Phi) is 6.43. The summed E-state index contributed by atoms with van der Waals surface area (Å²) in [6, 6.07) is 13.5. The largest absolute Gasteiger partial charge is 0.504 e. The molecule has 4 heteroatoms. The number of ether oxygens (including phenoxy) is 2. The Morgan fingerprint density at radius 3 is 2.67 bits per heavy atom. The van der Waals surface area contributed by atoms with Crippen LogP contribution in [0.3, 0.4) is 0 Å². The van der Waals surface area contributed by atoms with Crippen LogP contribution in [0.2, 0.25) is 0 Å². The lowest BCUT2D eigenvalue weighted by Gasteiger charge is -2.07. The van der Waals surface area contributed by atoms with Crippen LogP contribution in [0.5, 0.6) is 11.5 Å². The van der Waals surface area contributed by atoms with Crippen molar-refractivity contribution >= 4 is 12.0 Å². The zero-order valence-electron chi connectivity index (χ0n) is 14.0. The molecule has 4 nitrogen and oxygen atoms in total. The van der Waals surface area contributed by atoms with E-state index in [0.29, 0.717) is 17.9 Å². The summed E-state index contributed by atoms with van der Waals surface area (Å²) in [4.78, 5) is 11.7. The van der Waals surface area contributed by atoms with Gasteiger partial charge in [0, 0.05) is 6.08 Å². The Morgan fingerprint density at radius 1 is 1.21 bits per heavy atom. The highest BCUT2D eigenvalue weighted by molar-refractivity contribution is 5.87. The molecule has 0 heterocycles. The first kappa shape index (κ1) is 17.6. The topological polar surface area (TPSA) is 55.8 Å². The zero-order valence-corrected chi connectivity index (χ0v) is 14.0. The molecule has 0 aromatic heterocycles. The molecule has 0 radical (unpaired) electrons.